The van der Waals surface area contributed by atoms with E-state index in [1.165, 1.54) is 10.4 Å². The lowest BCUT2D eigenvalue weighted by molar-refractivity contribution is 0.0730. The number of amides is 1. The zero-order valence-electron chi connectivity index (χ0n) is 18.4. The number of hydrogen-bond acceptors (Lipinski definition) is 6. The molecule has 1 unspecified atom stereocenters. The van der Waals surface area contributed by atoms with E-state index in [-0.39, 0.29) is 36.1 Å². The fraction of sp³-hybridized carbons (Fsp3) is 0.409. The average molecular weight is 466 g/mol. The molecule has 0 radical (unpaired) electrons. The summed E-state index contributed by atoms with van der Waals surface area (Å²) in [5.74, 6) is -0.782. The maximum atomic E-state index is 14.4. The van der Waals surface area contributed by atoms with Crippen LogP contribution in [0.3, 0.4) is 0 Å². The Hall–Kier alpha value is -2.53. The van der Waals surface area contributed by atoms with Crippen LogP contribution in [0.5, 0.6) is 5.75 Å². The molecule has 0 aliphatic carbocycles. The van der Waals surface area contributed by atoms with Crippen LogP contribution in [0.15, 0.2) is 47.4 Å². The van der Waals surface area contributed by atoms with Crippen molar-refractivity contribution >= 4 is 15.9 Å². The van der Waals surface area contributed by atoms with Gasteiger partial charge in [0.1, 0.15) is 11.6 Å². The predicted molar refractivity (Wildman–Crippen MR) is 118 cm³/mol. The van der Waals surface area contributed by atoms with Crippen LogP contribution in [0.25, 0.3) is 0 Å². The second-order valence-electron chi connectivity index (χ2n) is 7.62. The van der Waals surface area contributed by atoms with E-state index in [0.717, 1.165) is 17.7 Å². The van der Waals surface area contributed by atoms with Gasteiger partial charge in [0.25, 0.3) is 5.91 Å². The molecule has 1 amide bonds. The molecule has 8 nitrogen and oxygen atoms in total. The van der Waals surface area contributed by atoms with Gasteiger partial charge in [0.2, 0.25) is 10.0 Å². The first kappa shape index (κ1) is 24.1. The van der Waals surface area contributed by atoms with Crippen LogP contribution < -0.4 is 10.1 Å². The number of carbonyl (C=O) groups excluding carboxylic acids is 1. The normalized spacial score (nSPS) is 16.0. The zero-order chi connectivity index (χ0) is 23.3. The highest BCUT2D eigenvalue weighted by Crippen LogP contribution is 2.23. The van der Waals surface area contributed by atoms with Crippen molar-refractivity contribution in [1.82, 2.24) is 14.5 Å². The third-order valence-electron chi connectivity index (χ3n) is 5.35. The highest BCUT2D eigenvalue weighted by atomic mass is 32.2. The number of methoxy groups -OCH3 is 1. The minimum absolute atomic E-state index is 0.122. The van der Waals surface area contributed by atoms with Gasteiger partial charge in [-0.25, -0.2) is 12.8 Å². The van der Waals surface area contributed by atoms with Crippen molar-refractivity contribution in [3.63, 3.8) is 0 Å². The molecule has 2 aromatic rings. The summed E-state index contributed by atoms with van der Waals surface area (Å²) in [5, 5.41) is 2.73. The standard InChI is InChI=1S/C22H28FN3O5S/c1-25(2)21(16-5-4-6-17(13-16)30-3)15-24-22(27)19-14-18(7-8-20(19)23)32(28,29)26-9-11-31-12-10-26/h4-8,13-14,21H,9-12,15H2,1-3H3,(H,24,27). The average Bonchev–Trinajstić information content (AvgIpc) is 2.79. The third-order valence-corrected chi connectivity index (χ3v) is 7.24. The molecule has 10 heteroatoms. The van der Waals surface area contributed by atoms with E-state index >= 15 is 0 Å². The Bertz CT molecular complexity index is 1060. The third kappa shape index (κ3) is 5.44. The van der Waals surface area contributed by atoms with Crippen molar-refractivity contribution in [2.45, 2.75) is 10.9 Å². The zero-order valence-corrected chi connectivity index (χ0v) is 19.2. The van der Waals surface area contributed by atoms with Crippen LogP contribution in [-0.2, 0) is 14.8 Å². The van der Waals surface area contributed by atoms with Gasteiger partial charge in [-0.05, 0) is 50.0 Å². The first-order valence-corrected chi connectivity index (χ1v) is 11.6. The van der Waals surface area contributed by atoms with Crippen LogP contribution in [0.1, 0.15) is 22.0 Å². The summed E-state index contributed by atoms with van der Waals surface area (Å²) >= 11 is 0. The summed E-state index contributed by atoms with van der Waals surface area (Å²) < 4.78 is 51.9. The van der Waals surface area contributed by atoms with Gasteiger partial charge < -0.3 is 19.7 Å². The number of likely N-dealkylation sites (N-methyl/N-ethyl adjacent to an activating group) is 1. The number of ether oxygens (including phenoxy) is 2. The number of rotatable bonds is 8. The topological polar surface area (TPSA) is 88.2 Å². The maximum Gasteiger partial charge on any atom is 0.254 e. The molecule has 0 saturated carbocycles. The van der Waals surface area contributed by atoms with Crippen molar-refractivity contribution in [3.05, 3.63) is 59.4 Å². The highest BCUT2D eigenvalue weighted by molar-refractivity contribution is 7.89. The molecule has 2 aromatic carbocycles. The second-order valence-corrected chi connectivity index (χ2v) is 9.56. The number of benzene rings is 2. The van der Waals surface area contributed by atoms with Crippen molar-refractivity contribution in [2.24, 2.45) is 0 Å². The Morgan fingerprint density at radius 1 is 1.22 bits per heavy atom. The van der Waals surface area contributed by atoms with Gasteiger partial charge >= 0.3 is 0 Å². The summed E-state index contributed by atoms with van der Waals surface area (Å²) in [6.07, 6.45) is 0. The molecule has 1 saturated heterocycles. The van der Waals surface area contributed by atoms with Gasteiger partial charge in [0, 0.05) is 19.6 Å². The van der Waals surface area contributed by atoms with E-state index in [2.05, 4.69) is 5.32 Å². The highest BCUT2D eigenvalue weighted by Gasteiger charge is 2.28. The molecule has 1 heterocycles. The Kier molecular flexibility index (Phi) is 7.83. The minimum Gasteiger partial charge on any atom is -0.497 e. The largest absolute Gasteiger partial charge is 0.497 e. The minimum atomic E-state index is -3.85. The lowest BCUT2D eigenvalue weighted by atomic mass is 10.1. The first-order chi connectivity index (χ1) is 15.2. The number of sulfonamides is 1. The van der Waals surface area contributed by atoms with Crippen LogP contribution >= 0.6 is 0 Å². The molecule has 0 bridgehead atoms. The maximum absolute atomic E-state index is 14.4. The Morgan fingerprint density at radius 3 is 2.59 bits per heavy atom. The monoisotopic (exact) mass is 465 g/mol. The number of halogens is 1. The fourth-order valence-electron chi connectivity index (χ4n) is 3.51. The molecule has 0 aromatic heterocycles. The molecule has 0 spiro atoms. The molecule has 1 fully saturated rings. The number of nitrogens with one attached hydrogen (secondary N) is 1. The van der Waals surface area contributed by atoms with Gasteiger partial charge in [-0.1, -0.05) is 12.1 Å². The van der Waals surface area contributed by atoms with Crippen molar-refractivity contribution in [1.29, 1.82) is 0 Å². The van der Waals surface area contributed by atoms with Crippen LogP contribution in [0.4, 0.5) is 4.39 Å². The van der Waals surface area contributed by atoms with Crippen LogP contribution in [0, 0.1) is 5.82 Å². The van der Waals surface area contributed by atoms with Crippen molar-refractivity contribution < 1.29 is 27.1 Å². The number of carbonyl (C=O) groups is 1. The SMILES string of the molecule is COc1cccc(C(CNC(=O)c2cc(S(=O)(=O)N3CCOCC3)ccc2F)N(C)C)c1. The summed E-state index contributed by atoms with van der Waals surface area (Å²) in [6, 6.07) is 10.5. The predicted octanol–water partition coefficient (Wildman–Crippen LogP) is 1.89. The molecule has 32 heavy (non-hydrogen) atoms. The quantitative estimate of drug-likeness (QED) is 0.641. The number of hydrogen-bond donors (Lipinski definition) is 1. The van der Waals surface area contributed by atoms with Crippen molar-refractivity contribution in [2.75, 3.05) is 54.1 Å². The summed E-state index contributed by atoms with van der Waals surface area (Å²) in [6.45, 7) is 1.21. The van der Waals surface area contributed by atoms with Crippen LogP contribution in [0.2, 0.25) is 0 Å². The molecule has 1 aliphatic rings. The van der Waals surface area contributed by atoms with Gasteiger partial charge in [-0.3, -0.25) is 4.79 Å². The Labute approximate surface area is 188 Å². The lowest BCUT2D eigenvalue weighted by Gasteiger charge is -2.26. The van der Waals surface area contributed by atoms with Gasteiger partial charge in [0.05, 0.1) is 36.8 Å². The molecule has 3 rings (SSSR count). The molecule has 174 valence electrons. The lowest BCUT2D eigenvalue weighted by Crippen LogP contribution is -2.40. The molecule has 1 atom stereocenters. The van der Waals surface area contributed by atoms with E-state index in [0.29, 0.717) is 19.0 Å². The fourth-order valence-corrected chi connectivity index (χ4v) is 4.94. The first-order valence-electron chi connectivity index (χ1n) is 10.2. The molecule has 1 N–H and O–H groups in total. The Balaban J connectivity index is 1.78. The van der Waals surface area contributed by atoms with E-state index < -0.39 is 21.7 Å². The molecular formula is C22H28FN3O5S. The summed E-state index contributed by atoms with van der Waals surface area (Å²) in [4.78, 5) is 14.6. The van der Waals surface area contributed by atoms with Gasteiger partial charge in [-0.2, -0.15) is 4.31 Å². The van der Waals surface area contributed by atoms with E-state index in [9.17, 15) is 17.6 Å². The second kappa shape index (κ2) is 10.4. The van der Waals surface area contributed by atoms with E-state index in [1.807, 2.05) is 43.3 Å². The van der Waals surface area contributed by atoms with Crippen LogP contribution in [-0.4, -0.2) is 77.6 Å². The number of nitrogens with zero attached hydrogens (tertiary/aromatic N) is 2. The number of morpholine rings is 1. The van der Waals surface area contributed by atoms with Gasteiger partial charge in [-0.15, -0.1) is 0 Å². The van der Waals surface area contributed by atoms with E-state index in [4.69, 9.17) is 9.47 Å². The van der Waals surface area contributed by atoms with E-state index in [1.54, 1.807) is 7.11 Å². The smallest absolute Gasteiger partial charge is 0.254 e. The summed E-state index contributed by atoms with van der Waals surface area (Å²) in [5.41, 5.74) is 0.598. The Morgan fingerprint density at radius 2 is 1.94 bits per heavy atom. The molecule has 1 aliphatic heterocycles. The molecular weight excluding hydrogens is 437 g/mol. The van der Waals surface area contributed by atoms with Gasteiger partial charge in [0.15, 0.2) is 0 Å². The van der Waals surface area contributed by atoms with Crippen molar-refractivity contribution in [3.8, 4) is 5.75 Å². The summed E-state index contributed by atoms with van der Waals surface area (Å²) in [7, 11) is 1.46.